The first-order valence-electron chi connectivity index (χ1n) is 5.10. The van der Waals surface area contributed by atoms with Gasteiger partial charge in [0.2, 0.25) is 0 Å². The van der Waals surface area contributed by atoms with E-state index in [1.807, 2.05) is 6.07 Å². The van der Waals surface area contributed by atoms with Crippen LogP contribution in [0, 0.1) is 17.1 Å². The van der Waals surface area contributed by atoms with Crippen molar-refractivity contribution in [2.75, 3.05) is 0 Å². The minimum absolute atomic E-state index is 0.0218. The van der Waals surface area contributed by atoms with E-state index in [-0.39, 0.29) is 21.7 Å². The molecule has 1 nitrogen and oxygen atoms in total. The van der Waals surface area contributed by atoms with Crippen LogP contribution < -0.4 is 0 Å². The van der Waals surface area contributed by atoms with Gasteiger partial charge in [-0.2, -0.15) is 5.26 Å². The highest BCUT2D eigenvalue weighted by Gasteiger charge is 2.17. The van der Waals surface area contributed by atoms with Crippen LogP contribution in [0.3, 0.4) is 0 Å². The van der Waals surface area contributed by atoms with Crippen molar-refractivity contribution in [3.63, 3.8) is 0 Å². The molecule has 0 aromatic heterocycles. The van der Waals surface area contributed by atoms with Gasteiger partial charge in [0.25, 0.3) is 0 Å². The average molecular weight is 266 g/mol. The summed E-state index contributed by atoms with van der Waals surface area (Å²) in [5, 5.41) is 8.82. The molecule has 0 spiro atoms. The minimum Gasteiger partial charge on any atom is -0.206 e. The Bertz CT molecular complexity index is 580. The second kappa shape index (κ2) is 6.13. The summed E-state index contributed by atoms with van der Waals surface area (Å²) in [5.74, 6) is -1.54. The Hall–Kier alpha value is -1.92. The maximum absolute atomic E-state index is 13.9. The van der Waals surface area contributed by atoms with Gasteiger partial charge in [0.15, 0.2) is 0 Å². The van der Waals surface area contributed by atoms with E-state index in [9.17, 15) is 8.78 Å². The van der Waals surface area contributed by atoms with Gasteiger partial charge in [-0.15, -0.1) is 0 Å². The molecule has 0 bridgehead atoms. The third kappa shape index (κ3) is 2.66. The Morgan fingerprint density at radius 3 is 2.67 bits per heavy atom. The van der Waals surface area contributed by atoms with Crippen LogP contribution in [0.2, 0.25) is 5.02 Å². The van der Waals surface area contributed by atoms with Crippen molar-refractivity contribution in [1.82, 2.24) is 0 Å². The molecule has 0 atom stereocenters. The number of allylic oxidation sites excluding steroid dienone is 5. The first-order chi connectivity index (χ1) is 8.56. The number of halogens is 3. The van der Waals surface area contributed by atoms with Crippen molar-refractivity contribution in [3.8, 4) is 6.07 Å². The van der Waals surface area contributed by atoms with E-state index in [0.717, 1.165) is 6.08 Å². The van der Waals surface area contributed by atoms with Gasteiger partial charge in [0.05, 0.1) is 16.7 Å². The van der Waals surface area contributed by atoms with Gasteiger partial charge in [-0.3, -0.25) is 0 Å². The molecule has 0 heterocycles. The number of hydrogen-bond acceptors (Lipinski definition) is 1. The molecule has 1 aromatic rings. The summed E-state index contributed by atoms with van der Waals surface area (Å²) in [4.78, 5) is 0. The lowest BCUT2D eigenvalue weighted by atomic mass is 9.97. The number of hydrogen-bond donors (Lipinski definition) is 0. The highest BCUT2D eigenvalue weighted by Crippen LogP contribution is 2.32. The van der Waals surface area contributed by atoms with Gasteiger partial charge in [-0.25, -0.2) is 8.78 Å². The number of benzene rings is 1. The summed E-state index contributed by atoms with van der Waals surface area (Å²) in [7, 11) is 0. The second-order valence-electron chi connectivity index (χ2n) is 3.34. The van der Waals surface area contributed by atoms with Crippen LogP contribution in [-0.2, 0) is 0 Å². The molecule has 0 unspecified atom stereocenters. The lowest BCUT2D eigenvalue weighted by molar-refractivity contribution is 0.621. The molecule has 18 heavy (non-hydrogen) atoms. The second-order valence-corrected chi connectivity index (χ2v) is 3.75. The molecule has 0 aliphatic heterocycles. The lowest BCUT2D eigenvalue weighted by Gasteiger charge is -2.09. The van der Waals surface area contributed by atoms with Gasteiger partial charge in [0, 0.05) is 11.1 Å². The summed E-state index contributed by atoms with van der Waals surface area (Å²) >= 11 is 5.65. The van der Waals surface area contributed by atoms with E-state index < -0.39 is 11.6 Å². The van der Waals surface area contributed by atoms with Crippen molar-refractivity contribution in [1.29, 1.82) is 5.26 Å². The Morgan fingerprint density at radius 1 is 1.50 bits per heavy atom. The van der Waals surface area contributed by atoms with Gasteiger partial charge in [-0.05, 0) is 19.1 Å². The third-order valence-corrected chi connectivity index (χ3v) is 2.61. The summed E-state index contributed by atoms with van der Waals surface area (Å²) in [6.45, 7) is 4.85. The third-order valence-electron chi connectivity index (χ3n) is 2.32. The molecule has 1 aromatic carbocycles. The van der Waals surface area contributed by atoms with E-state index in [1.165, 1.54) is 24.3 Å². The van der Waals surface area contributed by atoms with Crippen LogP contribution in [0.4, 0.5) is 8.78 Å². The fourth-order valence-corrected chi connectivity index (χ4v) is 1.64. The molecule has 0 N–H and O–H groups in total. The van der Waals surface area contributed by atoms with E-state index in [1.54, 1.807) is 6.92 Å². The quantitative estimate of drug-likeness (QED) is 0.568. The fourth-order valence-electron chi connectivity index (χ4n) is 1.47. The first kappa shape index (κ1) is 14.1. The van der Waals surface area contributed by atoms with Gasteiger partial charge < -0.3 is 0 Å². The van der Waals surface area contributed by atoms with Crippen molar-refractivity contribution in [3.05, 3.63) is 64.7 Å². The van der Waals surface area contributed by atoms with E-state index in [4.69, 9.17) is 16.9 Å². The van der Waals surface area contributed by atoms with E-state index in [2.05, 4.69) is 6.58 Å². The molecule has 92 valence electrons. The van der Waals surface area contributed by atoms with Crippen LogP contribution in [0.25, 0.3) is 5.57 Å². The average Bonchev–Trinajstić information content (AvgIpc) is 2.39. The molecule has 0 saturated heterocycles. The van der Waals surface area contributed by atoms with Crippen LogP contribution in [0.5, 0.6) is 0 Å². The van der Waals surface area contributed by atoms with Crippen molar-refractivity contribution < 1.29 is 8.78 Å². The van der Waals surface area contributed by atoms with Crippen LogP contribution in [-0.4, -0.2) is 0 Å². The largest absolute Gasteiger partial charge is 0.206 e. The van der Waals surface area contributed by atoms with E-state index >= 15 is 0 Å². The summed E-state index contributed by atoms with van der Waals surface area (Å²) in [5.41, 5.74) is -0.182. The highest BCUT2D eigenvalue weighted by atomic mass is 35.5. The van der Waals surface area contributed by atoms with Crippen molar-refractivity contribution in [2.24, 2.45) is 0 Å². The summed E-state index contributed by atoms with van der Waals surface area (Å²) in [6, 6.07) is 6.02. The lowest BCUT2D eigenvalue weighted by Crippen LogP contribution is -1.95. The van der Waals surface area contributed by atoms with Crippen LogP contribution in [0.15, 0.2) is 48.3 Å². The summed E-state index contributed by atoms with van der Waals surface area (Å²) in [6.07, 6.45) is 2.33. The fraction of sp³-hybridized carbons (Fsp3) is 0.0714. The molecule has 0 aliphatic rings. The van der Waals surface area contributed by atoms with Crippen molar-refractivity contribution in [2.45, 2.75) is 6.92 Å². The number of rotatable bonds is 3. The zero-order valence-electron chi connectivity index (χ0n) is 9.67. The number of nitriles is 1. The molecule has 4 heteroatoms. The topological polar surface area (TPSA) is 23.8 Å². The molecule has 0 amide bonds. The maximum Gasteiger partial charge on any atom is 0.149 e. The zero-order valence-corrected chi connectivity index (χ0v) is 10.4. The summed E-state index contributed by atoms with van der Waals surface area (Å²) < 4.78 is 27.7. The van der Waals surface area contributed by atoms with E-state index in [0.29, 0.717) is 0 Å². The Kier molecular flexibility index (Phi) is 4.82. The normalized spacial score (nSPS) is 12.7. The Balaban J connectivity index is 3.63. The predicted molar refractivity (Wildman–Crippen MR) is 69.0 cm³/mol. The maximum atomic E-state index is 13.9. The van der Waals surface area contributed by atoms with Crippen LogP contribution >= 0.6 is 11.6 Å². The monoisotopic (exact) mass is 265 g/mol. The predicted octanol–water partition coefficient (Wildman–Crippen LogP) is 4.82. The molecule has 1 rings (SSSR count). The molecule has 0 radical (unpaired) electrons. The van der Waals surface area contributed by atoms with Crippen LogP contribution in [0.1, 0.15) is 12.5 Å². The molecule has 0 saturated carbocycles. The molecular formula is C14H10ClF2N. The molecular weight excluding hydrogens is 256 g/mol. The number of nitrogens with zero attached hydrogens (tertiary/aromatic N) is 1. The van der Waals surface area contributed by atoms with Crippen molar-refractivity contribution >= 4 is 17.2 Å². The smallest absolute Gasteiger partial charge is 0.149 e. The molecule has 0 fully saturated rings. The Labute approximate surface area is 109 Å². The molecule has 0 aliphatic carbocycles. The van der Waals surface area contributed by atoms with Gasteiger partial charge >= 0.3 is 0 Å². The zero-order chi connectivity index (χ0) is 13.7. The first-order valence-corrected chi connectivity index (χ1v) is 5.48. The SMILES string of the molecule is C=C/C(F)=C(\C(C#N)=C/C)c1cccc(Cl)c1F. The Morgan fingerprint density at radius 2 is 2.17 bits per heavy atom. The van der Waals surface area contributed by atoms with Gasteiger partial charge in [-0.1, -0.05) is 36.4 Å². The minimum atomic E-state index is -0.772. The highest BCUT2D eigenvalue weighted by molar-refractivity contribution is 6.31. The van der Waals surface area contributed by atoms with Gasteiger partial charge in [0.1, 0.15) is 11.6 Å². The standard InChI is InChI=1S/C14H10ClF2N/c1-3-9(8-18)13(12(16)4-2)10-6-5-7-11(15)14(10)17/h3-7H,2H2,1H3/b9-3-,13-12-.